The van der Waals surface area contributed by atoms with Gasteiger partial charge in [0.2, 0.25) is 0 Å². The van der Waals surface area contributed by atoms with E-state index in [4.69, 9.17) is 28.3 Å². The number of rotatable bonds is 4. The van der Waals surface area contributed by atoms with Crippen molar-refractivity contribution in [2.75, 3.05) is 13.1 Å². The van der Waals surface area contributed by atoms with Gasteiger partial charge in [0.15, 0.2) is 0 Å². The molecule has 0 amide bonds. The van der Waals surface area contributed by atoms with Crippen LogP contribution in [0.3, 0.4) is 0 Å². The fourth-order valence-electron chi connectivity index (χ4n) is 2.43. The first-order chi connectivity index (χ1) is 8.52. The molecule has 0 spiro atoms. The molecule has 0 aliphatic carbocycles. The average Bonchev–Trinajstić information content (AvgIpc) is 2.62. The topological polar surface area (TPSA) is 40.5 Å². The lowest BCUT2D eigenvalue weighted by Gasteiger charge is -2.16. The number of hydrogen-bond acceptors (Lipinski definition) is 2. The summed E-state index contributed by atoms with van der Waals surface area (Å²) in [6.07, 6.45) is 1.20. The normalized spacial score (nSPS) is 20.2. The maximum absolute atomic E-state index is 10.7. The average molecular weight is 288 g/mol. The molecular formula is C13H15Cl2NO2. The molecule has 0 bridgehead atoms. The Balaban J connectivity index is 1.93. The van der Waals surface area contributed by atoms with E-state index in [1.54, 1.807) is 6.07 Å². The van der Waals surface area contributed by atoms with Crippen molar-refractivity contribution < 1.29 is 9.90 Å². The summed E-state index contributed by atoms with van der Waals surface area (Å²) in [5.41, 5.74) is 1.07. The van der Waals surface area contributed by atoms with Crippen LogP contribution in [0.25, 0.3) is 0 Å². The van der Waals surface area contributed by atoms with Crippen molar-refractivity contribution in [2.45, 2.75) is 19.4 Å². The molecule has 1 aliphatic rings. The quantitative estimate of drug-likeness (QED) is 0.924. The summed E-state index contributed by atoms with van der Waals surface area (Å²) in [6.45, 7) is 2.54. The Labute approximate surface area is 116 Å². The third-order valence-corrected chi connectivity index (χ3v) is 3.60. The summed E-state index contributed by atoms with van der Waals surface area (Å²) in [5.74, 6) is -0.454. The van der Waals surface area contributed by atoms with Crippen molar-refractivity contribution in [1.82, 2.24) is 4.90 Å². The molecule has 1 heterocycles. The molecule has 1 saturated heterocycles. The van der Waals surface area contributed by atoms with E-state index in [0.29, 0.717) is 10.0 Å². The summed E-state index contributed by atoms with van der Waals surface area (Å²) in [6, 6.07) is 5.51. The van der Waals surface area contributed by atoms with Crippen LogP contribution in [0.15, 0.2) is 18.2 Å². The van der Waals surface area contributed by atoms with Crippen LogP contribution < -0.4 is 0 Å². The number of likely N-dealkylation sites (tertiary alicyclic amines) is 1. The van der Waals surface area contributed by atoms with Gasteiger partial charge in [0.25, 0.3) is 0 Å². The molecule has 0 aromatic heterocycles. The van der Waals surface area contributed by atoms with E-state index in [1.165, 1.54) is 0 Å². The van der Waals surface area contributed by atoms with E-state index >= 15 is 0 Å². The lowest BCUT2D eigenvalue weighted by atomic mass is 10.1. The Kier molecular flexibility index (Phi) is 4.49. The zero-order chi connectivity index (χ0) is 13.1. The maximum atomic E-state index is 10.7. The molecule has 1 unspecified atom stereocenters. The first kappa shape index (κ1) is 13.7. The maximum Gasteiger partial charge on any atom is 0.303 e. The van der Waals surface area contributed by atoms with Gasteiger partial charge in [-0.15, -0.1) is 0 Å². The van der Waals surface area contributed by atoms with Gasteiger partial charge in [0, 0.05) is 29.6 Å². The van der Waals surface area contributed by atoms with Crippen molar-refractivity contribution >= 4 is 29.2 Å². The minimum atomic E-state index is -0.715. The van der Waals surface area contributed by atoms with E-state index in [0.717, 1.165) is 31.6 Å². The third-order valence-electron chi connectivity index (χ3n) is 3.16. The monoisotopic (exact) mass is 287 g/mol. The van der Waals surface area contributed by atoms with Crippen molar-refractivity contribution in [3.05, 3.63) is 33.8 Å². The van der Waals surface area contributed by atoms with Crippen molar-refractivity contribution in [1.29, 1.82) is 0 Å². The molecule has 1 aromatic carbocycles. The van der Waals surface area contributed by atoms with Gasteiger partial charge in [0.05, 0.1) is 0 Å². The van der Waals surface area contributed by atoms with E-state index in [1.807, 2.05) is 12.1 Å². The Hall–Kier alpha value is -0.770. The van der Waals surface area contributed by atoms with E-state index in [2.05, 4.69) is 4.90 Å². The molecule has 3 nitrogen and oxygen atoms in total. The Morgan fingerprint density at radius 1 is 1.33 bits per heavy atom. The van der Waals surface area contributed by atoms with Gasteiger partial charge in [-0.25, -0.2) is 0 Å². The number of carboxylic acids is 1. The predicted octanol–water partition coefficient (Wildman–Crippen LogP) is 3.29. The highest BCUT2D eigenvalue weighted by Crippen LogP contribution is 2.24. The molecule has 18 heavy (non-hydrogen) atoms. The molecule has 1 N–H and O–H groups in total. The fourth-order valence-corrected chi connectivity index (χ4v) is 3.00. The standard InChI is InChI=1S/C13H15Cl2NO2/c14-11-3-10(4-12(15)6-11)8-16-2-1-9(7-16)5-13(17)18/h3-4,6,9H,1-2,5,7-8H2,(H,17,18). The van der Waals surface area contributed by atoms with Crippen LogP contribution >= 0.6 is 23.2 Å². The zero-order valence-corrected chi connectivity index (χ0v) is 11.4. The van der Waals surface area contributed by atoms with Gasteiger partial charge >= 0.3 is 5.97 Å². The zero-order valence-electron chi connectivity index (χ0n) is 9.90. The second-order valence-electron chi connectivity index (χ2n) is 4.77. The third kappa shape index (κ3) is 3.87. The SMILES string of the molecule is O=C(O)CC1CCN(Cc2cc(Cl)cc(Cl)c2)C1. The Morgan fingerprint density at radius 3 is 2.61 bits per heavy atom. The smallest absolute Gasteiger partial charge is 0.303 e. The van der Waals surface area contributed by atoms with Crippen LogP contribution in [0.5, 0.6) is 0 Å². The highest BCUT2D eigenvalue weighted by Gasteiger charge is 2.24. The molecule has 1 aliphatic heterocycles. The molecule has 1 atom stereocenters. The van der Waals surface area contributed by atoms with Crippen LogP contribution in [-0.2, 0) is 11.3 Å². The Morgan fingerprint density at radius 2 is 2.00 bits per heavy atom. The highest BCUT2D eigenvalue weighted by atomic mass is 35.5. The van der Waals surface area contributed by atoms with Gasteiger partial charge in [-0.1, -0.05) is 23.2 Å². The van der Waals surface area contributed by atoms with Crippen LogP contribution in [0, 0.1) is 5.92 Å². The molecule has 1 fully saturated rings. The molecular weight excluding hydrogens is 273 g/mol. The molecule has 98 valence electrons. The predicted molar refractivity (Wildman–Crippen MR) is 72.1 cm³/mol. The van der Waals surface area contributed by atoms with Gasteiger partial charge in [-0.3, -0.25) is 9.69 Å². The highest BCUT2D eigenvalue weighted by molar-refractivity contribution is 6.34. The lowest BCUT2D eigenvalue weighted by molar-refractivity contribution is -0.138. The largest absolute Gasteiger partial charge is 0.481 e. The number of benzene rings is 1. The second kappa shape index (κ2) is 5.91. The molecule has 0 radical (unpaired) electrons. The first-order valence-corrected chi connectivity index (χ1v) is 6.67. The number of carbonyl (C=O) groups is 1. The van der Waals surface area contributed by atoms with Crippen molar-refractivity contribution in [3.63, 3.8) is 0 Å². The number of hydrogen-bond donors (Lipinski definition) is 1. The number of nitrogens with zero attached hydrogens (tertiary/aromatic N) is 1. The molecule has 2 rings (SSSR count). The van der Waals surface area contributed by atoms with Crippen LogP contribution in [0.2, 0.25) is 10.0 Å². The van der Waals surface area contributed by atoms with Crippen molar-refractivity contribution in [2.24, 2.45) is 5.92 Å². The summed E-state index contributed by atoms with van der Waals surface area (Å²) in [5, 5.41) is 10.0. The van der Waals surface area contributed by atoms with E-state index < -0.39 is 5.97 Å². The number of halogens is 2. The molecule has 1 aromatic rings. The minimum Gasteiger partial charge on any atom is -0.481 e. The Bertz CT molecular complexity index is 430. The lowest BCUT2D eigenvalue weighted by Crippen LogP contribution is -2.20. The summed E-state index contributed by atoms with van der Waals surface area (Å²) in [4.78, 5) is 12.9. The minimum absolute atomic E-state index is 0.257. The second-order valence-corrected chi connectivity index (χ2v) is 5.64. The van der Waals surface area contributed by atoms with Crippen LogP contribution in [-0.4, -0.2) is 29.1 Å². The summed E-state index contributed by atoms with van der Waals surface area (Å²) < 4.78 is 0. The van der Waals surface area contributed by atoms with E-state index in [9.17, 15) is 4.79 Å². The van der Waals surface area contributed by atoms with E-state index in [-0.39, 0.29) is 12.3 Å². The first-order valence-electron chi connectivity index (χ1n) is 5.92. The van der Waals surface area contributed by atoms with Gasteiger partial charge in [-0.2, -0.15) is 0 Å². The molecule has 0 saturated carbocycles. The summed E-state index contributed by atoms with van der Waals surface area (Å²) >= 11 is 11.9. The van der Waals surface area contributed by atoms with Gasteiger partial charge < -0.3 is 5.11 Å². The molecule has 5 heteroatoms. The van der Waals surface area contributed by atoms with Gasteiger partial charge in [-0.05, 0) is 42.6 Å². The van der Waals surface area contributed by atoms with Crippen LogP contribution in [0.4, 0.5) is 0 Å². The fraction of sp³-hybridized carbons (Fsp3) is 0.462. The van der Waals surface area contributed by atoms with Crippen LogP contribution in [0.1, 0.15) is 18.4 Å². The van der Waals surface area contributed by atoms with Crippen molar-refractivity contribution in [3.8, 4) is 0 Å². The number of carboxylic acid groups (broad SMARTS) is 1. The summed E-state index contributed by atoms with van der Waals surface area (Å²) in [7, 11) is 0. The number of aliphatic carboxylic acids is 1. The van der Waals surface area contributed by atoms with Gasteiger partial charge in [0.1, 0.15) is 0 Å².